The van der Waals surface area contributed by atoms with Crippen LogP contribution in [0.4, 0.5) is 0 Å². The van der Waals surface area contributed by atoms with E-state index in [1.54, 1.807) is 17.9 Å². The van der Waals surface area contributed by atoms with Crippen molar-refractivity contribution < 1.29 is 9.90 Å². The summed E-state index contributed by atoms with van der Waals surface area (Å²) in [6, 6.07) is 0. The van der Waals surface area contributed by atoms with Crippen LogP contribution in [0.15, 0.2) is 12.7 Å². The maximum atomic E-state index is 11.5. The molecule has 0 aromatic carbocycles. The van der Waals surface area contributed by atoms with Gasteiger partial charge in [-0.05, 0) is 13.3 Å². The predicted octanol–water partition coefficient (Wildman–Crippen LogP) is 0.335. The van der Waals surface area contributed by atoms with Crippen molar-refractivity contribution in [1.29, 1.82) is 0 Å². The standard InChI is InChI=1S/C11H20N4O2/c1-3-5-11(2,17)7-13-10(16)4-6-15-9-12-8-14-15/h8-9,17H,3-7H2,1-2H3,(H,13,16). The van der Waals surface area contributed by atoms with Gasteiger partial charge in [0.05, 0.1) is 12.1 Å². The van der Waals surface area contributed by atoms with Crippen molar-refractivity contribution in [3.63, 3.8) is 0 Å². The maximum Gasteiger partial charge on any atom is 0.221 e. The molecule has 0 radical (unpaired) electrons. The molecule has 17 heavy (non-hydrogen) atoms. The first-order chi connectivity index (χ1) is 8.03. The number of aromatic nitrogens is 3. The highest BCUT2D eigenvalue weighted by Crippen LogP contribution is 2.09. The van der Waals surface area contributed by atoms with E-state index in [0.29, 0.717) is 19.4 Å². The highest BCUT2D eigenvalue weighted by molar-refractivity contribution is 5.75. The van der Waals surface area contributed by atoms with E-state index in [2.05, 4.69) is 15.4 Å². The Labute approximate surface area is 101 Å². The first-order valence-corrected chi connectivity index (χ1v) is 5.85. The second-order valence-corrected chi connectivity index (χ2v) is 4.43. The number of carbonyl (C=O) groups is 1. The van der Waals surface area contributed by atoms with Gasteiger partial charge in [0.25, 0.3) is 0 Å². The number of aryl methyl sites for hydroxylation is 1. The van der Waals surface area contributed by atoms with E-state index >= 15 is 0 Å². The Morgan fingerprint density at radius 3 is 2.94 bits per heavy atom. The van der Waals surface area contributed by atoms with E-state index in [1.165, 1.54) is 6.33 Å². The molecule has 6 nitrogen and oxygen atoms in total. The van der Waals surface area contributed by atoms with Crippen LogP contribution in [0.1, 0.15) is 33.1 Å². The average molecular weight is 240 g/mol. The number of hydrogen-bond donors (Lipinski definition) is 2. The van der Waals surface area contributed by atoms with Gasteiger partial charge in [-0.15, -0.1) is 0 Å². The minimum absolute atomic E-state index is 0.0862. The number of aliphatic hydroxyl groups is 1. The lowest BCUT2D eigenvalue weighted by Crippen LogP contribution is -2.40. The smallest absolute Gasteiger partial charge is 0.221 e. The van der Waals surface area contributed by atoms with Crippen LogP contribution < -0.4 is 5.32 Å². The zero-order valence-electron chi connectivity index (χ0n) is 10.4. The zero-order chi connectivity index (χ0) is 12.7. The lowest BCUT2D eigenvalue weighted by Gasteiger charge is -2.22. The summed E-state index contributed by atoms with van der Waals surface area (Å²) < 4.78 is 1.60. The third-order valence-corrected chi connectivity index (χ3v) is 2.49. The second kappa shape index (κ2) is 6.34. The van der Waals surface area contributed by atoms with Gasteiger partial charge in [-0.25, -0.2) is 4.98 Å². The lowest BCUT2D eigenvalue weighted by molar-refractivity contribution is -0.122. The van der Waals surface area contributed by atoms with Gasteiger partial charge in [0.1, 0.15) is 12.7 Å². The first kappa shape index (κ1) is 13.6. The number of hydrogen-bond acceptors (Lipinski definition) is 4. The quantitative estimate of drug-likeness (QED) is 0.720. The molecular weight excluding hydrogens is 220 g/mol. The molecular formula is C11H20N4O2. The number of amides is 1. The molecule has 1 atom stereocenters. The number of nitrogens with zero attached hydrogens (tertiary/aromatic N) is 3. The van der Waals surface area contributed by atoms with Crippen LogP contribution in [0, 0.1) is 0 Å². The Kier molecular flexibility index (Phi) is 5.09. The summed E-state index contributed by atoms with van der Waals surface area (Å²) in [4.78, 5) is 15.3. The number of nitrogens with one attached hydrogen (secondary N) is 1. The zero-order valence-corrected chi connectivity index (χ0v) is 10.4. The Morgan fingerprint density at radius 1 is 1.59 bits per heavy atom. The topological polar surface area (TPSA) is 80.0 Å². The summed E-state index contributed by atoms with van der Waals surface area (Å²) in [5, 5.41) is 16.5. The molecule has 6 heteroatoms. The summed E-state index contributed by atoms with van der Waals surface area (Å²) in [6.45, 7) is 4.52. The van der Waals surface area contributed by atoms with Crippen LogP contribution in [0.3, 0.4) is 0 Å². The van der Waals surface area contributed by atoms with E-state index in [9.17, 15) is 9.90 Å². The Bertz CT molecular complexity index is 335. The van der Waals surface area contributed by atoms with Gasteiger partial charge < -0.3 is 10.4 Å². The van der Waals surface area contributed by atoms with Crippen LogP contribution in [0.2, 0.25) is 0 Å². The molecule has 96 valence electrons. The van der Waals surface area contributed by atoms with Crippen LogP contribution >= 0.6 is 0 Å². The van der Waals surface area contributed by atoms with E-state index < -0.39 is 5.60 Å². The van der Waals surface area contributed by atoms with Gasteiger partial charge >= 0.3 is 0 Å². The summed E-state index contributed by atoms with van der Waals surface area (Å²) >= 11 is 0. The van der Waals surface area contributed by atoms with E-state index in [4.69, 9.17) is 0 Å². The van der Waals surface area contributed by atoms with Crippen molar-refractivity contribution in [3.8, 4) is 0 Å². The van der Waals surface area contributed by atoms with Gasteiger partial charge in [-0.1, -0.05) is 13.3 Å². The Hall–Kier alpha value is -1.43. The summed E-state index contributed by atoms with van der Waals surface area (Å²) in [6.07, 6.45) is 4.91. The molecule has 0 aliphatic rings. The molecule has 1 amide bonds. The summed E-state index contributed by atoms with van der Waals surface area (Å²) in [7, 11) is 0. The normalized spacial score (nSPS) is 14.3. The third kappa shape index (κ3) is 5.44. The number of rotatable bonds is 7. The second-order valence-electron chi connectivity index (χ2n) is 4.43. The molecule has 0 aliphatic heterocycles. The van der Waals surface area contributed by atoms with Crippen molar-refractivity contribution in [1.82, 2.24) is 20.1 Å². The summed E-state index contributed by atoms with van der Waals surface area (Å²) in [5.74, 6) is -0.0862. The molecule has 1 rings (SSSR count). The highest BCUT2D eigenvalue weighted by Gasteiger charge is 2.19. The van der Waals surface area contributed by atoms with Crippen LogP contribution in [0.25, 0.3) is 0 Å². The minimum atomic E-state index is -0.822. The third-order valence-electron chi connectivity index (χ3n) is 2.49. The van der Waals surface area contributed by atoms with Crippen LogP contribution in [-0.4, -0.2) is 37.9 Å². The fourth-order valence-electron chi connectivity index (χ4n) is 1.57. The van der Waals surface area contributed by atoms with Gasteiger partial charge in [0.2, 0.25) is 5.91 Å². The molecule has 0 bridgehead atoms. The van der Waals surface area contributed by atoms with E-state index in [0.717, 1.165) is 6.42 Å². The van der Waals surface area contributed by atoms with Gasteiger partial charge in [0.15, 0.2) is 0 Å². The molecule has 2 N–H and O–H groups in total. The predicted molar refractivity (Wildman–Crippen MR) is 63.2 cm³/mol. The van der Waals surface area contributed by atoms with Gasteiger partial charge in [-0.2, -0.15) is 5.10 Å². The molecule has 1 aromatic heterocycles. The molecule has 0 saturated carbocycles. The highest BCUT2D eigenvalue weighted by atomic mass is 16.3. The molecule has 0 fully saturated rings. The monoisotopic (exact) mass is 240 g/mol. The van der Waals surface area contributed by atoms with Crippen molar-refractivity contribution in [2.75, 3.05) is 6.54 Å². The average Bonchev–Trinajstić information content (AvgIpc) is 2.76. The van der Waals surface area contributed by atoms with Crippen molar-refractivity contribution >= 4 is 5.91 Å². The minimum Gasteiger partial charge on any atom is -0.388 e. The largest absolute Gasteiger partial charge is 0.388 e. The number of carbonyl (C=O) groups excluding carboxylic acids is 1. The maximum absolute atomic E-state index is 11.5. The van der Waals surface area contributed by atoms with E-state index in [-0.39, 0.29) is 12.5 Å². The molecule has 1 aromatic rings. The molecule has 0 saturated heterocycles. The van der Waals surface area contributed by atoms with Crippen molar-refractivity contribution in [2.45, 2.75) is 45.3 Å². The van der Waals surface area contributed by atoms with Crippen LogP contribution in [-0.2, 0) is 11.3 Å². The lowest BCUT2D eigenvalue weighted by atomic mass is 10.0. The van der Waals surface area contributed by atoms with Crippen molar-refractivity contribution in [2.24, 2.45) is 0 Å². The Balaban J connectivity index is 2.21. The molecule has 0 spiro atoms. The fraction of sp³-hybridized carbons (Fsp3) is 0.727. The van der Waals surface area contributed by atoms with E-state index in [1.807, 2.05) is 6.92 Å². The van der Waals surface area contributed by atoms with Gasteiger partial charge in [-0.3, -0.25) is 9.48 Å². The summed E-state index contributed by atoms with van der Waals surface area (Å²) in [5.41, 5.74) is -0.822. The molecule has 0 aliphatic carbocycles. The fourth-order valence-corrected chi connectivity index (χ4v) is 1.57. The van der Waals surface area contributed by atoms with Crippen molar-refractivity contribution in [3.05, 3.63) is 12.7 Å². The van der Waals surface area contributed by atoms with Gasteiger partial charge in [0, 0.05) is 13.0 Å². The SMILES string of the molecule is CCCC(C)(O)CNC(=O)CCn1cncn1. The Morgan fingerprint density at radius 2 is 2.35 bits per heavy atom. The first-order valence-electron chi connectivity index (χ1n) is 5.85. The van der Waals surface area contributed by atoms with Crippen LogP contribution in [0.5, 0.6) is 0 Å². The molecule has 1 heterocycles. The molecule has 1 unspecified atom stereocenters.